The summed E-state index contributed by atoms with van der Waals surface area (Å²) in [7, 11) is 1.45. The van der Waals surface area contributed by atoms with Crippen molar-refractivity contribution in [2.45, 2.75) is 41.5 Å². The molecule has 0 saturated heterocycles. The summed E-state index contributed by atoms with van der Waals surface area (Å²) < 4.78 is 1.06. The molecule has 0 aliphatic carbocycles. The van der Waals surface area contributed by atoms with Gasteiger partial charge in [-0.1, -0.05) is 78.2 Å². The molecule has 0 aromatic carbocycles. The molecule has 0 radical (unpaired) electrons. The Morgan fingerprint density at radius 1 is 0.947 bits per heavy atom. The topological polar surface area (TPSA) is 39.1 Å². The van der Waals surface area contributed by atoms with E-state index in [0.29, 0.717) is 10.4 Å². The molecule has 1 rings (SSSR count). The van der Waals surface area contributed by atoms with Gasteiger partial charge in [-0.2, -0.15) is 0 Å². The quantitative estimate of drug-likeness (QED) is 0.818. The molecule has 0 N–H and O–H groups in total. The van der Waals surface area contributed by atoms with Crippen LogP contribution in [0.1, 0.15) is 52.0 Å². The zero-order valence-electron chi connectivity index (χ0n) is 13.2. The van der Waals surface area contributed by atoms with E-state index in [4.69, 9.17) is 0 Å². The molecular formula is C15H27NO2S. The van der Waals surface area contributed by atoms with Gasteiger partial charge in [0.2, 0.25) is 0 Å². The van der Waals surface area contributed by atoms with E-state index in [9.17, 15) is 9.59 Å². The fourth-order valence-electron chi connectivity index (χ4n) is 0.926. The molecule has 0 spiro atoms. The standard InChI is InChI=1S/C9H9NO2S.3C2H6/c1-4-6-7(5-2)13-9(12)10(3)8(6)11;3*1-2/h4-5H,1-2H2,3H3;3*1-2H3. The Bertz CT molecular complexity index is 470. The molecule has 0 atom stereocenters. The van der Waals surface area contributed by atoms with E-state index in [1.807, 2.05) is 41.5 Å². The molecule has 0 bridgehead atoms. The first-order valence-electron chi connectivity index (χ1n) is 6.60. The monoisotopic (exact) mass is 285 g/mol. The SMILES string of the molecule is C=Cc1sc(=O)n(C)c(=O)c1C=C.CC.CC.CC. The molecule has 0 saturated carbocycles. The smallest absolute Gasteiger partial charge is 0.269 e. The van der Waals surface area contributed by atoms with E-state index < -0.39 is 0 Å². The highest BCUT2D eigenvalue weighted by molar-refractivity contribution is 7.10. The van der Waals surface area contributed by atoms with Gasteiger partial charge in [0.1, 0.15) is 0 Å². The molecule has 3 nitrogen and oxygen atoms in total. The molecule has 0 fully saturated rings. The van der Waals surface area contributed by atoms with Crippen molar-refractivity contribution in [2.24, 2.45) is 7.05 Å². The molecule has 0 unspecified atom stereocenters. The Kier molecular flexibility index (Phi) is 17.5. The minimum atomic E-state index is -0.325. The van der Waals surface area contributed by atoms with Gasteiger partial charge in [-0.05, 0) is 0 Å². The van der Waals surface area contributed by atoms with Crippen LogP contribution in [0.25, 0.3) is 12.2 Å². The van der Waals surface area contributed by atoms with Crippen LogP contribution in [-0.4, -0.2) is 4.57 Å². The van der Waals surface area contributed by atoms with Gasteiger partial charge in [0, 0.05) is 11.9 Å². The summed E-state index contributed by atoms with van der Waals surface area (Å²) >= 11 is 0.987. The van der Waals surface area contributed by atoms with Crippen LogP contribution in [0, 0.1) is 0 Å². The van der Waals surface area contributed by atoms with E-state index in [2.05, 4.69) is 13.2 Å². The van der Waals surface area contributed by atoms with Crippen LogP contribution in [0.4, 0.5) is 0 Å². The zero-order chi connectivity index (χ0) is 16.0. The van der Waals surface area contributed by atoms with Gasteiger partial charge in [-0.15, -0.1) is 0 Å². The molecule has 110 valence electrons. The maximum atomic E-state index is 11.5. The third-order valence-corrected chi connectivity index (χ3v) is 2.72. The van der Waals surface area contributed by atoms with Crippen LogP contribution in [0.5, 0.6) is 0 Å². The van der Waals surface area contributed by atoms with Gasteiger partial charge in [-0.3, -0.25) is 14.2 Å². The normalized spacial score (nSPS) is 7.53. The molecule has 1 aromatic rings. The highest BCUT2D eigenvalue weighted by atomic mass is 32.1. The number of nitrogens with zero attached hydrogens (tertiary/aromatic N) is 1. The second-order valence-corrected chi connectivity index (χ2v) is 3.41. The third kappa shape index (κ3) is 6.91. The van der Waals surface area contributed by atoms with E-state index in [1.165, 1.54) is 19.2 Å². The second-order valence-electron chi connectivity index (χ2n) is 2.42. The maximum Gasteiger partial charge on any atom is 0.310 e. The first-order chi connectivity index (χ1) is 9.11. The Labute approximate surface area is 120 Å². The van der Waals surface area contributed by atoms with Gasteiger partial charge < -0.3 is 0 Å². The first kappa shape index (κ1) is 22.7. The first-order valence-corrected chi connectivity index (χ1v) is 7.42. The molecule has 0 amide bonds. The van der Waals surface area contributed by atoms with Crippen molar-refractivity contribution >= 4 is 23.5 Å². The zero-order valence-corrected chi connectivity index (χ0v) is 14.1. The maximum absolute atomic E-state index is 11.5. The van der Waals surface area contributed by atoms with Gasteiger partial charge in [0.25, 0.3) is 5.56 Å². The number of hydrogen-bond acceptors (Lipinski definition) is 3. The molecule has 19 heavy (non-hydrogen) atoms. The molecular weight excluding hydrogens is 258 g/mol. The molecule has 1 aromatic heterocycles. The van der Waals surface area contributed by atoms with Crippen molar-refractivity contribution in [3.05, 3.63) is 43.6 Å². The molecule has 0 aliphatic heterocycles. The van der Waals surface area contributed by atoms with Crippen LogP contribution >= 0.6 is 11.3 Å². The largest absolute Gasteiger partial charge is 0.310 e. The van der Waals surface area contributed by atoms with Crippen LogP contribution in [0.3, 0.4) is 0 Å². The van der Waals surface area contributed by atoms with Crippen molar-refractivity contribution in [1.29, 1.82) is 0 Å². The van der Waals surface area contributed by atoms with Crippen LogP contribution in [-0.2, 0) is 7.05 Å². The van der Waals surface area contributed by atoms with Gasteiger partial charge in [0.15, 0.2) is 0 Å². The summed E-state index contributed by atoms with van der Waals surface area (Å²) in [5, 5.41) is 0. The molecule has 1 heterocycles. The van der Waals surface area contributed by atoms with E-state index in [-0.39, 0.29) is 10.4 Å². The summed E-state index contributed by atoms with van der Waals surface area (Å²) in [6.07, 6.45) is 2.93. The highest BCUT2D eigenvalue weighted by Gasteiger charge is 2.06. The van der Waals surface area contributed by atoms with Gasteiger partial charge >= 0.3 is 4.87 Å². The van der Waals surface area contributed by atoms with Gasteiger partial charge in [-0.25, -0.2) is 0 Å². The predicted molar refractivity (Wildman–Crippen MR) is 90.1 cm³/mol. The lowest BCUT2D eigenvalue weighted by Crippen LogP contribution is -2.30. The second kappa shape index (κ2) is 14.6. The van der Waals surface area contributed by atoms with E-state index in [1.54, 1.807) is 0 Å². The number of hydrogen-bond donors (Lipinski definition) is 0. The fraction of sp³-hybridized carbons (Fsp3) is 0.467. The van der Waals surface area contributed by atoms with Crippen molar-refractivity contribution in [2.75, 3.05) is 0 Å². The fourth-order valence-corrected chi connectivity index (χ4v) is 1.70. The van der Waals surface area contributed by atoms with Crippen LogP contribution < -0.4 is 10.4 Å². The summed E-state index contributed by atoms with van der Waals surface area (Å²) in [4.78, 5) is 22.9. The van der Waals surface area contributed by atoms with Crippen molar-refractivity contribution < 1.29 is 0 Å². The highest BCUT2D eigenvalue weighted by Crippen LogP contribution is 2.08. The minimum Gasteiger partial charge on any atom is -0.269 e. The van der Waals surface area contributed by atoms with Crippen molar-refractivity contribution in [3.63, 3.8) is 0 Å². The average molecular weight is 285 g/mol. The Morgan fingerprint density at radius 2 is 1.37 bits per heavy atom. The van der Waals surface area contributed by atoms with Gasteiger partial charge in [0.05, 0.1) is 5.56 Å². The lowest BCUT2D eigenvalue weighted by molar-refractivity contribution is 0.840. The summed E-state index contributed by atoms with van der Waals surface area (Å²) in [5.41, 5.74) is 0.107. The summed E-state index contributed by atoms with van der Waals surface area (Å²) in [6.45, 7) is 19.0. The van der Waals surface area contributed by atoms with Crippen LogP contribution in [0.2, 0.25) is 0 Å². The summed E-state index contributed by atoms with van der Waals surface area (Å²) in [6, 6.07) is 0. The minimum absolute atomic E-state index is 0.287. The lowest BCUT2D eigenvalue weighted by atomic mass is 10.2. The number of rotatable bonds is 2. The van der Waals surface area contributed by atoms with Crippen molar-refractivity contribution in [1.82, 2.24) is 4.57 Å². The van der Waals surface area contributed by atoms with E-state index >= 15 is 0 Å². The molecule has 0 aliphatic rings. The molecule has 4 heteroatoms. The summed E-state index contributed by atoms with van der Waals surface area (Å²) in [5.74, 6) is 0. The Balaban J connectivity index is -0.000000375. The average Bonchev–Trinajstić information content (AvgIpc) is 2.50. The third-order valence-electron chi connectivity index (χ3n) is 1.66. The van der Waals surface area contributed by atoms with E-state index in [0.717, 1.165) is 15.9 Å². The Hall–Kier alpha value is -1.42. The predicted octanol–water partition coefficient (Wildman–Crippen LogP) is 4.17. The lowest BCUT2D eigenvalue weighted by Gasteiger charge is -2.00. The Morgan fingerprint density at radius 3 is 1.68 bits per heavy atom. The number of aromatic nitrogens is 1. The van der Waals surface area contributed by atoms with Crippen molar-refractivity contribution in [3.8, 4) is 0 Å². The van der Waals surface area contributed by atoms with Crippen LogP contribution in [0.15, 0.2) is 22.7 Å².